The molecule has 2 unspecified atom stereocenters. The van der Waals surface area contributed by atoms with Crippen LogP contribution in [0.5, 0.6) is 0 Å². The molecule has 1 fully saturated rings. The Morgan fingerprint density at radius 1 is 1.19 bits per heavy atom. The number of carboxylic acids is 1. The summed E-state index contributed by atoms with van der Waals surface area (Å²) in [7, 11) is 0. The van der Waals surface area contributed by atoms with Crippen molar-refractivity contribution in [2.24, 2.45) is 5.92 Å². The molecule has 0 spiro atoms. The number of carbonyl (C=O) groups excluding carboxylic acids is 1. The zero-order chi connectivity index (χ0) is 14.8. The molecule has 1 N–H and O–H groups in total. The first kappa shape index (κ1) is 14.1. The topological polar surface area (TPSA) is 57.6 Å². The van der Waals surface area contributed by atoms with Crippen LogP contribution in [0.3, 0.4) is 0 Å². The van der Waals surface area contributed by atoms with E-state index in [2.05, 4.69) is 12.1 Å². The second kappa shape index (κ2) is 5.88. The average molecular weight is 287 g/mol. The fourth-order valence-electron chi connectivity index (χ4n) is 3.68. The van der Waals surface area contributed by atoms with Crippen molar-refractivity contribution in [1.82, 2.24) is 4.90 Å². The van der Waals surface area contributed by atoms with Crippen LogP contribution in [0, 0.1) is 5.92 Å². The van der Waals surface area contributed by atoms with Crippen LogP contribution in [0.4, 0.5) is 0 Å². The van der Waals surface area contributed by atoms with Crippen LogP contribution >= 0.6 is 0 Å². The summed E-state index contributed by atoms with van der Waals surface area (Å²) in [5.41, 5.74) is 2.63. The summed E-state index contributed by atoms with van der Waals surface area (Å²) in [6.07, 6.45) is 4.45. The van der Waals surface area contributed by atoms with Gasteiger partial charge in [-0.25, -0.2) is 0 Å². The van der Waals surface area contributed by atoms with Crippen molar-refractivity contribution in [3.05, 3.63) is 35.4 Å². The van der Waals surface area contributed by atoms with Crippen LogP contribution in [0.15, 0.2) is 24.3 Å². The lowest BCUT2D eigenvalue weighted by atomic mass is 9.83. The number of carbonyl (C=O) groups is 2. The lowest BCUT2D eigenvalue weighted by molar-refractivity contribution is -0.141. The van der Waals surface area contributed by atoms with E-state index in [0.29, 0.717) is 0 Å². The number of nitrogens with zero attached hydrogens (tertiary/aromatic N) is 1. The Balaban J connectivity index is 1.70. The van der Waals surface area contributed by atoms with Crippen molar-refractivity contribution in [3.8, 4) is 0 Å². The first-order chi connectivity index (χ1) is 10.1. The lowest BCUT2D eigenvalue weighted by Gasteiger charge is -2.31. The molecule has 1 saturated heterocycles. The standard InChI is InChI=1S/C17H21NO3/c19-16(20)11-15-6-3-9-18(15)17(21)14-8-7-12-4-1-2-5-13(12)10-14/h1-2,4-5,14-15H,3,6-11H2,(H,19,20). The molecule has 3 rings (SSSR count). The monoisotopic (exact) mass is 287 g/mol. The summed E-state index contributed by atoms with van der Waals surface area (Å²) in [5, 5.41) is 8.98. The molecule has 1 aliphatic carbocycles. The van der Waals surface area contributed by atoms with Crippen molar-refractivity contribution in [2.45, 2.75) is 44.6 Å². The average Bonchev–Trinajstić information content (AvgIpc) is 2.93. The Kier molecular flexibility index (Phi) is 3.95. The molecule has 0 aromatic heterocycles. The fourth-order valence-corrected chi connectivity index (χ4v) is 3.68. The summed E-state index contributed by atoms with van der Waals surface area (Å²) in [6.45, 7) is 0.717. The third kappa shape index (κ3) is 2.94. The fraction of sp³-hybridized carbons (Fsp3) is 0.529. The van der Waals surface area contributed by atoms with E-state index < -0.39 is 5.97 Å². The van der Waals surface area contributed by atoms with Gasteiger partial charge in [0, 0.05) is 18.5 Å². The molecule has 1 heterocycles. The van der Waals surface area contributed by atoms with Gasteiger partial charge >= 0.3 is 5.97 Å². The quantitative estimate of drug-likeness (QED) is 0.927. The Morgan fingerprint density at radius 2 is 1.95 bits per heavy atom. The number of carboxylic acid groups (broad SMARTS) is 1. The summed E-state index contributed by atoms with van der Waals surface area (Å²) < 4.78 is 0. The van der Waals surface area contributed by atoms with E-state index in [1.165, 1.54) is 11.1 Å². The molecule has 0 bridgehead atoms. The van der Waals surface area contributed by atoms with Gasteiger partial charge in [0.2, 0.25) is 5.91 Å². The van der Waals surface area contributed by atoms with E-state index in [0.717, 1.165) is 38.6 Å². The van der Waals surface area contributed by atoms with Gasteiger partial charge in [-0.2, -0.15) is 0 Å². The smallest absolute Gasteiger partial charge is 0.305 e. The molecule has 4 nitrogen and oxygen atoms in total. The largest absolute Gasteiger partial charge is 0.481 e. The maximum absolute atomic E-state index is 12.7. The third-order valence-electron chi connectivity index (χ3n) is 4.77. The highest BCUT2D eigenvalue weighted by Crippen LogP contribution is 2.30. The van der Waals surface area contributed by atoms with Crippen molar-refractivity contribution in [3.63, 3.8) is 0 Å². The molecule has 1 aliphatic heterocycles. The predicted octanol–water partition coefficient (Wildman–Crippen LogP) is 2.26. The molecule has 4 heteroatoms. The molecule has 21 heavy (non-hydrogen) atoms. The molecule has 112 valence electrons. The summed E-state index contributed by atoms with van der Waals surface area (Å²) in [4.78, 5) is 25.5. The minimum atomic E-state index is -0.811. The van der Waals surface area contributed by atoms with Gasteiger partial charge in [0.15, 0.2) is 0 Å². The first-order valence-electron chi connectivity index (χ1n) is 7.74. The molecule has 0 radical (unpaired) electrons. The molecule has 1 amide bonds. The zero-order valence-corrected chi connectivity index (χ0v) is 12.1. The number of rotatable bonds is 3. The number of likely N-dealkylation sites (tertiary alicyclic amines) is 1. The van der Waals surface area contributed by atoms with Gasteiger partial charge in [-0.3, -0.25) is 9.59 Å². The molecular weight excluding hydrogens is 266 g/mol. The number of fused-ring (bicyclic) bond motifs is 1. The highest BCUT2D eigenvalue weighted by atomic mass is 16.4. The van der Waals surface area contributed by atoms with Crippen molar-refractivity contribution < 1.29 is 14.7 Å². The highest BCUT2D eigenvalue weighted by Gasteiger charge is 2.35. The van der Waals surface area contributed by atoms with Crippen molar-refractivity contribution in [1.29, 1.82) is 0 Å². The molecule has 0 saturated carbocycles. The van der Waals surface area contributed by atoms with E-state index in [9.17, 15) is 9.59 Å². The molecule has 2 aliphatic rings. The summed E-state index contributed by atoms with van der Waals surface area (Å²) in [6, 6.07) is 8.21. The van der Waals surface area contributed by atoms with Gasteiger partial charge in [-0.15, -0.1) is 0 Å². The van der Waals surface area contributed by atoms with Crippen LogP contribution in [0.25, 0.3) is 0 Å². The van der Waals surface area contributed by atoms with Crippen molar-refractivity contribution in [2.75, 3.05) is 6.54 Å². The van der Waals surface area contributed by atoms with Crippen molar-refractivity contribution >= 4 is 11.9 Å². The number of amides is 1. The number of hydrogen-bond donors (Lipinski definition) is 1. The summed E-state index contributed by atoms with van der Waals surface area (Å²) in [5.74, 6) is -0.628. The van der Waals surface area contributed by atoms with E-state index in [-0.39, 0.29) is 24.3 Å². The van der Waals surface area contributed by atoms with E-state index in [1.54, 1.807) is 0 Å². The predicted molar refractivity (Wildman–Crippen MR) is 78.9 cm³/mol. The Bertz CT molecular complexity index is 555. The molecule has 1 aromatic carbocycles. The van der Waals surface area contributed by atoms with Gasteiger partial charge < -0.3 is 10.0 Å². The minimum absolute atomic E-state index is 0.0225. The normalized spacial score (nSPS) is 24.7. The minimum Gasteiger partial charge on any atom is -0.481 e. The van der Waals surface area contributed by atoms with Gasteiger partial charge in [0.1, 0.15) is 0 Å². The molecular formula is C17H21NO3. The second-order valence-electron chi connectivity index (χ2n) is 6.13. The maximum atomic E-state index is 12.7. The first-order valence-corrected chi connectivity index (χ1v) is 7.74. The van der Waals surface area contributed by atoms with E-state index >= 15 is 0 Å². The van der Waals surface area contributed by atoms with Gasteiger partial charge in [0.05, 0.1) is 6.42 Å². The second-order valence-corrected chi connectivity index (χ2v) is 6.13. The highest BCUT2D eigenvalue weighted by molar-refractivity contribution is 5.81. The SMILES string of the molecule is O=C(O)CC1CCCN1C(=O)C1CCc2ccccc2C1. The summed E-state index contributed by atoms with van der Waals surface area (Å²) >= 11 is 0. The number of aliphatic carboxylic acids is 1. The van der Waals surface area contributed by atoms with Crippen LogP contribution in [-0.2, 0) is 22.4 Å². The van der Waals surface area contributed by atoms with Gasteiger partial charge in [-0.1, -0.05) is 24.3 Å². The van der Waals surface area contributed by atoms with E-state index in [1.807, 2.05) is 17.0 Å². The van der Waals surface area contributed by atoms with Gasteiger partial charge in [0.25, 0.3) is 0 Å². The Morgan fingerprint density at radius 3 is 2.71 bits per heavy atom. The van der Waals surface area contributed by atoms with Crippen LogP contribution < -0.4 is 0 Å². The maximum Gasteiger partial charge on any atom is 0.305 e. The van der Waals surface area contributed by atoms with E-state index in [4.69, 9.17) is 5.11 Å². The number of hydrogen-bond acceptors (Lipinski definition) is 2. The Hall–Kier alpha value is -1.84. The zero-order valence-electron chi connectivity index (χ0n) is 12.1. The van der Waals surface area contributed by atoms with Crippen LogP contribution in [0.1, 0.15) is 36.8 Å². The molecule has 1 aromatic rings. The lowest BCUT2D eigenvalue weighted by Crippen LogP contribution is -2.42. The molecule has 2 atom stereocenters. The number of aryl methyl sites for hydroxylation is 1. The Labute approximate surface area is 124 Å². The van der Waals surface area contributed by atoms with Crippen LogP contribution in [-0.4, -0.2) is 34.5 Å². The third-order valence-corrected chi connectivity index (χ3v) is 4.77. The van der Waals surface area contributed by atoms with Gasteiger partial charge in [-0.05, 0) is 43.2 Å². The number of benzene rings is 1. The van der Waals surface area contributed by atoms with Crippen LogP contribution in [0.2, 0.25) is 0 Å².